The van der Waals surface area contributed by atoms with Crippen molar-refractivity contribution >= 4 is 23.7 Å². The summed E-state index contributed by atoms with van der Waals surface area (Å²) < 4.78 is 0. The molecule has 0 bridgehead atoms. The van der Waals surface area contributed by atoms with E-state index in [1.54, 1.807) is 11.8 Å². The number of nitrogens with one attached hydrogen (secondary N) is 3. The molecule has 1 fully saturated rings. The van der Waals surface area contributed by atoms with E-state index in [2.05, 4.69) is 55.1 Å². The van der Waals surface area contributed by atoms with E-state index >= 15 is 0 Å². The molecule has 6 nitrogen and oxygen atoms in total. The number of allylic oxidation sites excluding steroid dienone is 4. The number of carbonyl (C=O) groups excluding carboxylic acids is 2. The van der Waals surface area contributed by atoms with Crippen LogP contribution in [-0.2, 0) is 4.79 Å². The zero-order valence-corrected chi connectivity index (χ0v) is 21.6. The van der Waals surface area contributed by atoms with Crippen molar-refractivity contribution in [2.45, 2.75) is 59.8 Å². The fourth-order valence-corrected chi connectivity index (χ4v) is 3.93. The van der Waals surface area contributed by atoms with E-state index < -0.39 is 0 Å². The molecule has 1 saturated heterocycles. The summed E-state index contributed by atoms with van der Waals surface area (Å²) in [6, 6.07) is -0.175. The van der Waals surface area contributed by atoms with Crippen LogP contribution in [0.15, 0.2) is 35.1 Å². The van der Waals surface area contributed by atoms with E-state index in [4.69, 9.17) is 0 Å². The number of hydrogen-bond acceptors (Lipinski definition) is 4. The molecule has 0 spiro atoms. The van der Waals surface area contributed by atoms with Crippen LogP contribution in [-0.4, -0.2) is 61.6 Å². The maximum absolute atomic E-state index is 13.0. The quantitative estimate of drug-likeness (QED) is 0.163. The number of nitrogens with zero attached hydrogens (tertiary/aromatic N) is 1. The molecule has 1 aliphatic heterocycles. The third-order valence-electron chi connectivity index (χ3n) is 5.17. The second kappa shape index (κ2) is 16.8. The summed E-state index contributed by atoms with van der Waals surface area (Å²) in [6.45, 7) is 12.1. The van der Waals surface area contributed by atoms with Gasteiger partial charge in [0.25, 0.3) is 0 Å². The Kier molecular flexibility index (Phi) is 14.9. The van der Waals surface area contributed by atoms with Crippen LogP contribution in [0.5, 0.6) is 0 Å². The van der Waals surface area contributed by atoms with Gasteiger partial charge in [-0.1, -0.05) is 39.3 Å². The number of carbonyl (C=O) groups is 2. The summed E-state index contributed by atoms with van der Waals surface area (Å²) in [6.07, 6.45) is 12.8. The molecule has 0 atom stereocenters. The number of piperazine rings is 1. The first-order chi connectivity index (χ1) is 15.4. The van der Waals surface area contributed by atoms with Crippen molar-refractivity contribution in [2.75, 3.05) is 44.7 Å². The third kappa shape index (κ3) is 11.8. The van der Waals surface area contributed by atoms with Crippen LogP contribution in [0.2, 0.25) is 0 Å². The highest BCUT2D eigenvalue weighted by Crippen LogP contribution is 2.21. The summed E-state index contributed by atoms with van der Waals surface area (Å²) in [5.74, 6) is 1.51. The van der Waals surface area contributed by atoms with Gasteiger partial charge >= 0.3 is 6.03 Å². The maximum atomic E-state index is 13.0. The first kappa shape index (κ1) is 28.3. The second-order valence-corrected chi connectivity index (χ2v) is 9.65. The summed E-state index contributed by atoms with van der Waals surface area (Å²) in [5, 5.41) is 9.34. The topological polar surface area (TPSA) is 73.5 Å². The molecule has 0 saturated carbocycles. The van der Waals surface area contributed by atoms with Crippen molar-refractivity contribution in [2.24, 2.45) is 5.92 Å². The molecule has 0 radical (unpaired) electrons. The van der Waals surface area contributed by atoms with Gasteiger partial charge in [-0.2, -0.15) is 11.8 Å². The Balaban J connectivity index is 3.10. The van der Waals surface area contributed by atoms with E-state index in [9.17, 15) is 9.59 Å². The van der Waals surface area contributed by atoms with Crippen LogP contribution in [0, 0.1) is 5.92 Å². The van der Waals surface area contributed by atoms with Crippen LogP contribution in [0.25, 0.3) is 0 Å². The van der Waals surface area contributed by atoms with Gasteiger partial charge in [0.1, 0.15) is 0 Å². The Morgan fingerprint density at radius 1 is 1.19 bits per heavy atom. The van der Waals surface area contributed by atoms with Crippen LogP contribution in [0.3, 0.4) is 0 Å². The van der Waals surface area contributed by atoms with Crippen molar-refractivity contribution in [1.29, 1.82) is 0 Å². The van der Waals surface area contributed by atoms with Crippen molar-refractivity contribution in [1.82, 2.24) is 20.9 Å². The minimum absolute atomic E-state index is 0.0788. The molecule has 1 rings (SSSR count). The van der Waals surface area contributed by atoms with E-state index in [1.807, 2.05) is 17.9 Å². The molecule has 3 amide bonds. The fourth-order valence-electron chi connectivity index (χ4n) is 3.50. The smallest absolute Gasteiger partial charge is 0.318 e. The number of unbranched alkanes of at least 4 members (excludes halogenated alkanes) is 1. The Labute approximate surface area is 199 Å². The lowest BCUT2D eigenvalue weighted by atomic mass is 9.97. The van der Waals surface area contributed by atoms with Crippen LogP contribution >= 0.6 is 11.8 Å². The molecule has 182 valence electrons. The molecular formula is C25H44N4O2S. The molecule has 0 aromatic carbocycles. The van der Waals surface area contributed by atoms with E-state index in [-0.39, 0.29) is 11.9 Å². The van der Waals surface area contributed by atoms with E-state index in [1.165, 1.54) is 0 Å². The monoisotopic (exact) mass is 464 g/mol. The van der Waals surface area contributed by atoms with Crippen LogP contribution < -0.4 is 16.0 Å². The Bertz CT molecular complexity index is 665. The standard InChI is InChI=1S/C25H44N4O2S/c1-6-7-8-9-11-23(28-25(31)27-12-10-17-32-5)22(18-20(2)3)19-21(4)24(30)29-15-13-26-14-16-29/h8-9,19-20,26H,6-7,10-18H2,1-5H3,(H2,27,28,31)/b9-8?,21-19+,23-22+. The molecule has 1 heterocycles. The predicted molar refractivity (Wildman–Crippen MR) is 138 cm³/mol. The van der Waals surface area contributed by atoms with Gasteiger partial charge in [0.05, 0.1) is 0 Å². The number of urea groups is 1. The Morgan fingerprint density at radius 3 is 2.53 bits per heavy atom. The average Bonchev–Trinajstić information content (AvgIpc) is 2.78. The average molecular weight is 465 g/mol. The minimum Gasteiger partial charge on any atom is -0.338 e. The summed E-state index contributed by atoms with van der Waals surface area (Å²) in [4.78, 5) is 27.4. The molecule has 32 heavy (non-hydrogen) atoms. The fraction of sp³-hybridized carbons (Fsp3) is 0.680. The molecule has 1 aliphatic rings. The van der Waals surface area contributed by atoms with Crippen molar-refractivity contribution in [3.05, 3.63) is 35.1 Å². The SMILES string of the molecule is CCCC=CC/C(NC(=O)NCCCSC)=C(\C=C(/C)C(=O)N1CCNCC1)CC(C)C. The lowest BCUT2D eigenvalue weighted by Crippen LogP contribution is -2.46. The summed E-state index contributed by atoms with van der Waals surface area (Å²) in [5.41, 5.74) is 2.63. The van der Waals surface area contributed by atoms with Gasteiger partial charge in [0, 0.05) is 50.4 Å². The van der Waals surface area contributed by atoms with Gasteiger partial charge in [-0.05, 0) is 55.8 Å². The van der Waals surface area contributed by atoms with Crippen molar-refractivity contribution < 1.29 is 9.59 Å². The third-order valence-corrected chi connectivity index (χ3v) is 5.86. The van der Waals surface area contributed by atoms with E-state index in [0.717, 1.165) is 74.5 Å². The summed E-state index contributed by atoms with van der Waals surface area (Å²) >= 11 is 1.78. The molecule has 7 heteroatoms. The highest BCUT2D eigenvalue weighted by molar-refractivity contribution is 7.98. The molecular weight excluding hydrogens is 420 g/mol. The van der Waals surface area contributed by atoms with Gasteiger partial charge in [0.2, 0.25) is 5.91 Å². The first-order valence-corrected chi connectivity index (χ1v) is 13.4. The lowest BCUT2D eigenvalue weighted by Gasteiger charge is -2.28. The normalized spacial score (nSPS) is 15.8. The van der Waals surface area contributed by atoms with E-state index in [0.29, 0.717) is 18.9 Å². The first-order valence-electron chi connectivity index (χ1n) is 12.0. The minimum atomic E-state index is -0.175. The number of thioether (sulfide) groups is 1. The molecule has 0 unspecified atom stereocenters. The predicted octanol–water partition coefficient (Wildman–Crippen LogP) is 4.46. The van der Waals surface area contributed by atoms with Crippen LogP contribution in [0.4, 0.5) is 4.79 Å². The van der Waals surface area contributed by atoms with Gasteiger partial charge < -0.3 is 20.9 Å². The number of rotatable bonds is 13. The van der Waals surface area contributed by atoms with Crippen molar-refractivity contribution in [3.8, 4) is 0 Å². The molecule has 0 aliphatic carbocycles. The highest BCUT2D eigenvalue weighted by Gasteiger charge is 2.19. The van der Waals surface area contributed by atoms with Gasteiger partial charge in [-0.15, -0.1) is 0 Å². The Morgan fingerprint density at radius 2 is 1.91 bits per heavy atom. The number of hydrogen-bond donors (Lipinski definition) is 3. The summed E-state index contributed by atoms with van der Waals surface area (Å²) in [7, 11) is 0. The second-order valence-electron chi connectivity index (χ2n) is 8.66. The Hall–Kier alpha value is -1.73. The number of amides is 3. The van der Waals surface area contributed by atoms with Crippen molar-refractivity contribution in [3.63, 3.8) is 0 Å². The van der Waals surface area contributed by atoms with Crippen LogP contribution in [0.1, 0.15) is 59.8 Å². The lowest BCUT2D eigenvalue weighted by molar-refractivity contribution is -0.127. The zero-order valence-electron chi connectivity index (χ0n) is 20.8. The molecule has 3 N–H and O–H groups in total. The maximum Gasteiger partial charge on any atom is 0.318 e. The van der Waals surface area contributed by atoms with Gasteiger partial charge in [-0.25, -0.2) is 4.79 Å². The largest absolute Gasteiger partial charge is 0.338 e. The molecule has 0 aromatic rings. The van der Waals surface area contributed by atoms with Gasteiger partial charge in [0.15, 0.2) is 0 Å². The molecule has 0 aromatic heterocycles. The highest BCUT2D eigenvalue weighted by atomic mass is 32.2. The zero-order chi connectivity index (χ0) is 23.8. The van der Waals surface area contributed by atoms with Gasteiger partial charge in [-0.3, -0.25) is 4.79 Å².